The Labute approximate surface area is 107 Å². The van der Waals surface area contributed by atoms with Crippen LogP contribution in [0.2, 0.25) is 0 Å². The Morgan fingerprint density at radius 2 is 1.89 bits per heavy atom. The van der Waals surface area contributed by atoms with Gasteiger partial charge in [-0.25, -0.2) is 17.5 Å². The van der Waals surface area contributed by atoms with Crippen LogP contribution >= 0.6 is 0 Å². The maximum atomic E-state index is 13.5. The lowest BCUT2D eigenvalue weighted by Crippen LogP contribution is -2.41. The Bertz CT molecular complexity index is 535. The van der Waals surface area contributed by atoms with Crippen LogP contribution in [0.15, 0.2) is 23.1 Å². The fourth-order valence-electron chi connectivity index (χ4n) is 1.20. The van der Waals surface area contributed by atoms with E-state index in [-0.39, 0.29) is 17.1 Å². The van der Waals surface area contributed by atoms with E-state index in [4.69, 9.17) is 5.73 Å². The van der Waals surface area contributed by atoms with Gasteiger partial charge in [0, 0.05) is 11.7 Å². The summed E-state index contributed by atoms with van der Waals surface area (Å²) in [4.78, 5) is -0.418. The summed E-state index contributed by atoms with van der Waals surface area (Å²) in [6, 6.07) is 3.16. The Balaban J connectivity index is 3.11. The molecule has 0 heterocycles. The lowest BCUT2D eigenvalue weighted by atomic mass is 9.89. The Kier molecular flexibility index (Phi) is 4.02. The van der Waals surface area contributed by atoms with E-state index < -0.39 is 20.7 Å². The molecule has 1 atom stereocenters. The quantitative estimate of drug-likeness (QED) is 0.829. The first-order valence-corrected chi connectivity index (χ1v) is 7.10. The van der Waals surface area contributed by atoms with Gasteiger partial charge in [0.15, 0.2) is 0 Å². The van der Waals surface area contributed by atoms with E-state index in [9.17, 15) is 12.8 Å². The average molecular weight is 274 g/mol. The van der Waals surface area contributed by atoms with Gasteiger partial charge in [-0.15, -0.1) is 0 Å². The number of nitrogens with two attached hydrogens (primary N) is 1. The molecule has 1 unspecified atom stereocenters. The molecule has 0 amide bonds. The number of nitrogen functional groups attached to an aromatic ring is 1. The number of sulfonamides is 1. The smallest absolute Gasteiger partial charge is 0.243 e. The SMILES string of the molecule is CC(NS(=O)(=O)c1cc(N)ccc1F)C(C)(C)C. The summed E-state index contributed by atoms with van der Waals surface area (Å²) in [7, 11) is -3.90. The van der Waals surface area contributed by atoms with Gasteiger partial charge < -0.3 is 5.73 Å². The molecule has 0 aliphatic heterocycles. The summed E-state index contributed by atoms with van der Waals surface area (Å²) in [5.41, 5.74) is 5.43. The second-order valence-corrected chi connectivity index (χ2v) is 7.08. The first-order valence-electron chi connectivity index (χ1n) is 5.61. The first kappa shape index (κ1) is 14.9. The number of anilines is 1. The van der Waals surface area contributed by atoms with E-state index in [1.807, 2.05) is 20.8 Å². The first-order chi connectivity index (χ1) is 8.04. The van der Waals surface area contributed by atoms with Crippen LogP contribution in [0.25, 0.3) is 0 Å². The number of hydrogen-bond donors (Lipinski definition) is 2. The van der Waals surface area contributed by atoms with Crippen LogP contribution in [0, 0.1) is 11.2 Å². The van der Waals surface area contributed by atoms with Crippen molar-refractivity contribution >= 4 is 15.7 Å². The van der Waals surface area contributed by atoms with Gasteiger partial charge in [-0.1, -0.05) is 20.8 Å². The molecule has 0 aliphatic rings. The van der Waals surface area contributed by atoms with E-state index in [2.05, 4.69) is 4.72 Å². The van der Waals surface area contributed by atoms with Crippen molar-refractivity contribution in [3.05, 3.63) is 24.0 Å². The molecule has 0 saturated carbocycles. The monoisotopic (exact) mass is 274 g/mol. The summed E-state index contributed by atoms with van der Waals surface area (Å²) in [5.74, 6) is -0.808. The fourth-order valence-corrected chi connectivity index (χ4v) is 2.76. The largest absolute Gasteiger partial charge is 0.399 e. The van der Waals surface area contributed by atoms with Gasteiger partial charge in [0.25, 0.3) is 0 Å². The molecule has 0 spiro atoms. The van der Waals surface area contributed by atoms with Crippen molar-refractivity contribution < 1.29 is 12.8 Å². The second kappa shape index (κ2) is 4.85. The number of nitrogens with one attached hydrogen (secondary N) is 1. The molecule has 6 heteroatoms. The van der Waals surface area contributed by atoms with E-state index >= 15 is 0 Å². The van der Waals surface area contributed by atoms with Gasteiger partial charge in [-0.3, -0.25) is 0 Å². The normalized spacial score (nSPS) is 14.5. The lowest BCUT2D eigenvalue weighted by molar-refractivity contribution is 0.317. The zero-order chi connectivity index (χ0) is 14.1. The highest BCUT2D eigenvalue weighted by atomic mass is 32.2. The molecule has 0 bridgehead atoms. The van der Waals surface area contributed by atoms with Gasteiger partial charge >= 0.3 is 0 Å². The van der Waals surface area contributed by atoms with E-state index in [1.54, 1.807) is 6.92 Å². The maximum absolute atomic E-state index is 13.5. The number of halogens is 1. The molecular formula is C12H19FN2O2S. The van der Waals surface area contributed by atoms with Crippen molar-refractivity contribution in [2.45, 2.75) is 38.6 Å². The van der Waals surface area contributed by atoms with E-state index in [0.717, 1.165) is 12.1 Å². The molecule has 0 aliphatic carbocycles. The highest BCUT2D eigenvalue weighted by molar-refractivity contribution is 7.89. The van der Waals surface area contributed by atoms with E-state index in [0.29, 0.717) is 0 Å². The van der Waals surface area contributed by atoms with E-state index in [1.165, 1.54) is 6.07 Å². The van der Waals surface area contributed by atoms with Crippen LogP contribution < -0.4 is 10.5 Å². The minimum absolute atomic E-state index is 0.209. The molecule has 1 aromatic carbocycles. The zero-order valence-electron chi connectivity index (χ0n) is 11.0. The molecular weight excluding hydrogens is 255 g/mol. The van der Waals surface area contributed by atoms with Crippen molar-refractivity contribution in [2.75, 3.05) is 5.73 Å². The molecule has 0 saturated heterocycles. The standard InChI is InChI=1S/C12H19FN2O2S/c1-8(12(2,3)4)15-18(16,17)11-7-9(14)5-6-10(11)13/h5-8,15H,14H2,1-4H3. The minimum Gasteiger partial charge on any atom is -0.399 e. The van der Waals surface area contributed by atoms with Gasteiger partial charge in [0.05, 0.1) is 0 Å². The van der Waals surface area contributed by atoms with Crippen LogP contribution in [-0.2, 0) is 10.0 Å². The summed E-state index contributed by atoms with van der Waals surface area (Å²) < 4.78 is 40.1. The van der Waals surface area contributed by atoms with Gasteiger partial charge in [0.2, 0.25) is 10.0 Å². The summed E-state index contributed by atoms with van der Waals surface area (Å²) >= 11 is 0. The van der Waals surface area contributed by atoms with Crippen molar-refractivity contribution in [3.8, 4) is 0 Å². The van der Waals surface area contributed by atoms with Crippen molar-refractivity contribution in [1.82, 2.24) is 4.72 Å². The molecule has 4 nitrogen and oxygen atoms in total. The minimum atomic E-state index is -3.90. The van der Waals surface area contributed by atoms with Crippen molar-refractivity contribution in [1.29, 1.82) is 0 Å². The average Bonchev–Trinajstić information content (AvgIpc) is 2.19. The topological polar surface area (TPSA) is 72.2 Å². The fraction of sp³-hybridized carbons (Fsp3) is 0.500. The zero-order valence-corrected chi connectivity index (χ0v) is 11.8. The molecule has 1 rings (SSSR count). The third kappa shape index (κ3) is 3.43. The molecule has 102 valence electrons. The summed E-state index contributed by atoms with van der Waals surface area (Å²) in [6.45, 7) is 7.43. The van der Waals surface area contributed by atoms with Crippen LogP contribution in [0.5, 0.6) is 0 Å². The third-order valence-corrected chi connectivity index (χ3v) is 4.43. The van der Waals surface area contributed by atoms with Crippen molar-refractivity contribution in [3.63, 3.8) is 0 Å². The highest BCUT2D eigenvalue weighted by Crippen LogP contribution is 2.23. The Morgan fingerprint density at radius 3 is 2.39 bits per heavy atom. The number of benzene rings is 1. The van der Waals surface area contributed by atoms with Crippen LogP contribution in [0.1, 0.15) is 27.7 Å². The molecule has 18 heavy (non-hydrogen) atoms. The van der Waals surface area contributed by atoms with Crippen LogP contribution in [-0.4, -0.2) is 14.5 Å². The highest BCUT2D eigenvalue weighted by Gasteiger charge is 2.27. The predicted molar refractivity (Wildman–Crippen MR) is 70.1 cm³/mol. The summed E-state index contributed by atoms with van der Waals surface area (Å²) in [5, 5.41) is 0. The van der Waals surface area contributed by atoms with Crippen molar-refractivity contribution in [2.24, 2.45) is 5.41 Å². The maximum Gasteiger partial charge on any atom is 0.243 e. The van der Waals surface area contributed by atoms with Gasteiger partial charge in [-0.05, 0) is 30.5 Å². The second-order valence-electron chi connectivity index (χ2n) is 5.40. The third-order valence-electron chi connectivity index (χ3n) is 2.88. The summed E-state index contributed by atoms with van der Waals surface area (Å²) in [6.07, 6.45) is 0. The van der Waals surface area contributed by atoms with Gasteiger partial charge in [-0.2, -0.15) is 0 Å². The predicted octanol–water partition coefficient (Wildman–Crippen LogP) is 2.12. The van der Waals surface area contributed by atoms with Crippen LogP contribution in [0.4, 0.5) is 10.1 Å². The Morgan fingerprint density at radius 1 is 1.33 bits per heavy atom. The van der Waals surface area contributed by atoms with Gasteiger partial charge in [0.1, 0.15) is 10.7 Å². The Hall–Kier alpha value is -1.14. The molecule has 0 radical (unpaired) electrons. The number of hydrogen-bond acceptors (Lipinski definition) is 3. The molecule has 1 aromatic rings. The van der Waals surface area contributed by atoms with Crippen LogP contribution in [0.3, 0.4) is 0 Å². The molecule has 3 N–H and O–H groups in total. The molecule has 0 fully saturated rings. The lowest BCUT2D eigenvalue weighted by Gasteiger charge is -2.27. The number of rotatable bonds is 3. The molecule has 0 aromatic heterocycles.